The largest absolute Gasteiger partial charge is 0.387 e. The van der Waals surface area contributed by atoms with Crippen LogP contribution in [0, 0.1) is 23.5 Å². The number of aliphatic hydroxyl groups is 1. The second kappa shape index (κ2) is 7.14. The van der Waals surface area contributed by atoms with Crippen LogP contribution in [0.3, 0.4) is 0 Å². The van der Waals surface area contributed by atoms with Crippen LogP contribution in [0.15, 0.2) is 18.2 Å². The lowest BCUT2D eigenvalue weighted by atomic mass is 9.83. The fraction of sp³-hybridized carbons (Fsp3) is 0.625. The molecule has 0 spiro atoms. The van der Waals surface area contributed by atoms with Gasteiger partial charge in [0.25, 0.3) is 0 Å². The maximum absolute atomic E-state index is 13.5. The van der Waals surface area contributed by atoms with E-state index in [0.29, 0.717) is 5.92 Å². The molecule has 1 unspecified atom stereocenters. The van der Waals surface area contributed by atoms with Crippen molar-refractivity contribution in [2.45, 2.75) is 38.7 Å². The van der Waals surface area contributed by atoms with E-state index in [0.717, 1.165) is 30.7 Å². The monoisotopic (exact) mass is 283 g/mol. The van der Waals surface area contributed by atoms with Crippen molar-refractivity contribution in [3.05, 3.63) is 35.4 Å². The Labute approximate surface area is 119 Å². The van der Waals surface area contributed by atoms with Crippen molar-refractivity contribution in [3.8, 4) is 0 Å². The summed E-state index contributed by atoms with van der Waals surface area (Å²) in [6.07, 6.45) is 3.92. The second-order valence-corrected chi connectivity index (χ2v) is 5.97. The average Bonchev–Trinajstić information content (AvgIpc) is 2.43. The van der Waals surface area contributed by atoms with Crippen molar-refractivity contribution in [2.75, 3.05) is 13.1 Å². The summed E-state index contributed by atoms with van der Waals surface area (Å²) >= 11 is 0. The predicted octanol–water partition coefficient (Wildman–Crippen LogP) is 3.41. The molecule has 1 fully saturated rings. The molecule has 0 bridgehead atoms. The molecule has 1 atom stereocenters. The number of nitrogens with one attached hydrogen (secondary N) is 1. The molecule has 4 heteroatoms. The average molecular weight is 283 g/mol. The highest BCUT2D eigenvalue weighted by atomic mass is 19.1. The first-order chi connectivity index (χ1) is 9.56. The lowest BCUT2D eigenvalue weighted by molar-refractivity contribution is 0.164. The molecule has 0 aliphatic heterocycles. The van der Waals surface area contributed by atoms with Crippen LogP contribution in [0.5, 0.6) is 0 Å². The topological polar surface area (TPSA) is 32.3 Å². The van der Waals surface area contributed by atoms with Crippen molar-refractivity contribution < 1.29 is 13.9 Å². The molecule has 1 aliphatic rings. The normalized spacial score (nSPS) is 24.6. The third-order valence-electron chi connectivity index (χ3n) is 4.22. The molecular weight excluding hydrogens is 260 g/mol. The number of hydrogen-bond acceptors (Lipinski definition) is 2. The highest BCUT2D eigenvalue weighted by Gasteiger charge is 2.19. The van der Waals surface area contributed by atoms with Crippen LogP contribution in [0.2, 0.25) is 0 Å². The van der Waals surface area contributed by atoms with Crippen molar-refractivity contribution >= 4 is 0 Å². The van der Waals surface area contributed by atoms with Gasteiger partial charge < -0.3 is 10.4 Å². The number of rotatable bonds is 5. The molecular formula is C16H23F2NO. The second-order valence-electron chi connectivity index (χ2n) is 5.97. The fourth-order valence-electron chi connectivity index (χ4n) is 2.84. The zero-order valence-corrected chi connectivity index (χ0v) is 11.9. The third-order valence-corrected chi connectivity index (χ3v) is 4.22. The molecule has 0 radical (unpaired) electrons. The molecule has 1 saturated carbocycles. The Morgan fingerprint density at radius 1 is 1.25 bits per heavy atom. The van der Waals surface area contributed by atoms with Gasteiger partial charge in [0.15, 0.2) is 0 Å². The molecule has 1 aliphatic carbocycles. The third kappa shape index (κ3) is 4.25. The number of hydrogen-bond donors (Lipinski definition) is 2. The van der Waals surface area contributed by atoms with Crippen LogP contribution in [-0.4, -0.2) is 18.2 Å². The van der Waals surface area contributed by atoms with E-state index in [-0.39, 0.29) is 12.1 Å². The zero-order valence-electron chi connectivity index (χ0n) is 11.9. The van der Waals surface area contributed by atoms with Crippen molar-refractivity contribution in [1.29, 1.82) is 0 Å². The first-order valence-corrected chi connectivity index (χ1v) is 7.40. The van der Waals surface area contributed by atoms with Gasteiger partial charge in [-0.1, -0.05) is 19.8 Å². The Bertz CT molecular complexity index is 430. The molecule has 0 aromatic heterocycles. The Morgan fingerprint density at radius 3 is 2.65 bits per heavy atom. The standard InChI is InChI=1S/C16H23F2NO/c1-11-2-4-12(5-3-11)9-19-10-16(20)14-8-13(17)6-7-15(14)18/h6-8,11-12,16,19-20H,2-5,9-10H2,1H3. The quantitative estimate of drug-likeness (QED) is 0.868. The maximum Gasteiger partial charge on any atom is 0.129 e. The Kier molecular flexibility index (Phi) is 5.49. The van der Waals surface area contributed by atoms with Gasteiger partial charge in [-0.05, 0) is 49.4 Å². The molecule has 112 valence electrons. The fourth-order valence-corrected chi connectivity index (χ4v) is 2.84. The summed E-state index contributed by atoms with van der Waals surface area (Å²) in [5.74, 6) is 0.364. The minimum absolute atomic E-state index is 0.0229. The summed E-state index contributed by atoms with van der Waals surface area (Å²) in [5, 5.41) is 13.1. The van der Waals surface area contributed by atoms with Crippen molar-refractivity contribution in [2.24, 2.45) is 11.8 Å². The lowest BCUT2D eigenvalue weighted by Crippen LogP contribution is -2.29. The number of benzene rings is 1. The van der Waals surface area contributed by atoms with E-state index in [4.69, 9.17) is 0 Å². The summed E-state index contributed by atoms with van der Waals surface area (Å²) in [6.45, 7) is 3.37. The van der Waals surface area contributed by atoms with Gasteiger partial charge in [-0.25, -0.2) is 8.78 Å². The van der Waals surface area contributed by atoms with Crippen LogP contribution in [0.4, 0.5) is 8.78 Å². The SMILES string of the molecule is CC1CCC(CNCC(O)c2cc(F)ccc2F)CC1. The molecule has 2 nitrogen and oxygen atoms in total. The van der Waals surface area contributed by atoms with E-state index >= 15 is 0 Å². The molecule has 2 N–H and O–H groups in total. The minimum atomic E-state index is -1.01. The summed E-state index contributed by atoms with van der Waals surface area (Å²) in [6, 6.07) is 3.17. The van der Waals surface area contributed by atoms with Crippen LogP contribution in [0.1, 0.15) is 44.3 Å². The first kappa shape index (κ1) is 15.4. The Morgan fingerprint density at radius 2 is 1.95 bits per heavy atom. The summed E-state index contributed by atoms with van der Waals surface area (Å²) in [4.78, 5) is 0. The van der Waals surface area contributed by atoms with E-state index in [9.17, 15) is 13.9 Å². The molecule has 0 heterocycles. The highest BCUT2D eigenvalue weighted by molar-refractivity contribution is 5.21. The van der Waals surface area contributed by atoms with E-state index < -0.39 is 17.7 Å². The molecule has 1 aromatic carbocycles. The number of aliphatic hydroxyl groups excluding tert-OH is 1. The van der Waals surface area contributed by atoms with E-state index in [1.54, 1.807) is 0 Å². The summed E-state index contributed by atoms with van der Waals surface area (Å²) in [5.41, 5.74) is 0.0229. The highest BCUT2D eigenvalue weighted by Crippen LogP contribution is 2.27. The minimum Gasteiger partial charge on any atom is -0.387 e. The van der Waals surface area contributed by atoms with Crippen LogP contribution < -0.4 is 5.32 Å². The van der Waals surface area contributed by atoms with Gasteiger partial charge in [-0.15, -0.1) is 0 Å². The van der Waals surface area contributed by atoms with Gasteiger partial charge in [0.1, 0.15) is 11.6 Å². The lowest BCUT2D eigenvalue weighted by Gasteiger charge is -2.26. The summed E-state index contributed by atoms with van der Waals surface area (Å²) in [7, 11) is 0. The van der Waals surface area contributed by atoms with Crippen molar-refractivity contribution in [1.82, 2.24) is 5.32 Å². The van der Waals surface area contributed by atoms with Gasteiger partial charge in [-0.3, -0.25) is 0 Å². The molecule has 20 heavy (non-hydrogen) atoms. The zero-order chi connectivity index (χ0) is 14.5. The molecule has 2 rings (SSSR count). The molecule has 1 aromatic rings. The summed E-state index contributed by atoms with van der Waals surface area (Å²) < 4.78 is 26.5. The van der Waals surface area contributed by atoms with Crippen LogP contribution in [0.25, 0.3) is 0 Å². The van der Waals surface area contributed by atoms with E-state index in [1.165, 1.54) is 25.7 Å². The van der Waals surface area contributed by atoms with Crippen LogP contribution in [-0.2, 0) is 0 Å². The van der Waals surface area contributed by atoms with Gasteiger partial charge in [-0.2, -0.15) is 0 Å². The smallest absolute Gasteiger partial charge is 0.129 e. The predicted molar refractivity (Wildman–Crippen MR) is 75.3 cm³/mol. The molecule has 0 saturated heterocycles. The van der Waals surface area contributed by atoms with E-state index in [2.05, 4.69) is 12.2 Å². The van der Waals surface area contributed by atoms with Gasteiger partial charge in [0, 0.05) is 12.1 Å². The van der Waals surface area contributed by atoms with Crippen LogP contribution >= 0.6 is 0 Å². The van der Waals surface area contributed by atoms with Gasteiger partial charge >= 0.3 is 0 Å². The van der Waals surface area contributed by atoms with Gasteiger partial charge in [0.05, 0.1) is 6.10 Å². The van der Waals surface area contributed by atoms with E-state index in [1.807, 2.05) is 0 Å². The Balaban J connectivity index is 1.77. The molecule has 0 amide bonds. The Hall–Kier alpha value is -1.00. The number of halogens is 2. The van der Waals surface area contributed by atoms with Gasteiger partial charge in [0.2, 0.25) is 0 Å². The first-order valence-electron chi connectivity index (χ1n) is 7.40. The maximum atomic E-state index is 13.5. The van der Waals surface area contributed by atoms with Crippen molar-refractivity contribution in [3.63, 3.8) is 0 Å².